The molecule has 0 bridgehead atoms. The molecule has 0 nitrogen and oxygen atoms in total. The fourth-order valence-corrected chi connectivity index (χ4v) is 0.707. The molecule has 0 amide bonds. The van der Waals surface area contributed by atoms with Crippen molar-refractivity contribution in [2.75, 3.05) is 0 Å². The Labute approximate surface area is 75.6 Å². The number of rotatable bonds is 5. The van der Waals surface area contributed by atoms with E-state index in [0.717, 1.165) is 12.8 Å². The minimum atomic E-state index is 0. The van der Waals surface area contributed by atoms with Gasteiger partial charge in [0.2, 0.25) is 0 Å². The van der Waals surface area contributed by atoms with E-state index >= 15 is 0 Å². The maximum absolute atomic E-state index is 3.77. The molecular formula is C8H16Mg. The average molecular weight is 137 g/mol. The zero-order chi connectivity index (χ0) is 6.24. The van der Waals surface area contributed by atoms with Gasteiger partial charge in [0.05, 0.1) is 0 Å². The van der Waals surface area contributed by atoms with Crippen LogP contribution in [0, 0.1) is 13.8 Å². The second kappa shape index (κ2) is 11.5. The summed E-state index contributed by atoms with van der Waals surface area (Å²) in [6, 6.07) is 0. The monoisotopic (exact) mass is 136 g/mol. The van der Waals surface area contributed by atoms with Gasteiger partial charge < -0.3 is 13.8 Å². The third-order valence-corrected chi connectivity index (χ3v) is 1.25. The van der Waals surface area contributed by atoms with Crippen LogP contribution in [0.4, 0.5) is 0 Å². The minimum Gasteiger partial charge on any atom is -0.343 e. The van der Waals surface area contributed by atoms with Gasteiger partial charge in [-0.15, -0.1) is 0 Å². The third-order valence-electron chi connectivity index (χ3n) is 1.25. The molecule has 0 unspecified atom stereocenters. The van der Waals surface area contributed by atoms with Crippen molar-refractivity contribution in [1.82, 2.24) is 0 Å². The van der Waals surface area contributed by atoms with E-state index in [4.69, 9.17) is 0 Å². The summed E-state index contributed by atoms with van der Waals surface area (Å²) in [6.45, 7) is 7.54. The Kier molecular flexibility index (Phi) is 16.0. The summed E-state index contributed by atoms with van der Waals surface area (Å²) in [4.78, 5) is 0. The molecule has 0 saturated carbocycles. The molecule has 0 spiro atoms. The van der Waals surface area contributed by atoms with Crippen LogP contribution in [-0.4, -0.2) is 23.1 Å². The first-order chi connectivity index (χ1) is 3.91. The van der Waals surface area contributed by atoms with Gasteiger partial charge in [0, 0.05) is 0 Å². The van der Waals surface area contributed by atoms with Gasteiger partial charge in [0.1, 0.15) is 0 Å². The van der Waals surface area contributed by atoms with Crippen molar-refractivity contribution in [2.24, 2.45) is 0 Å². The Morgan fingerprint density at radius 3 is 1.22 bits per heavy atom. The van der Waals surface area contributed by atoms with Crippen molar-refractivity contribution < 1.29 is 0 Å². The Morgan fingerprint density at radius 1 is 0.667 bits per heavy atom. The summed E-state index contributed by atoms with van der Waals surface area (Å²) in [5.41, 5.74) is 0. The third kappa shape index (κ3) is 12.1. The van der Waals surface area contributed by atoms with Gasteiger partial charge in [0.15, 0.2) is 0 Å². The molecule has 0 aromatic carbocycles. The summed E-state index contributed by atoms with van der Waals surface area (Å²) in [7, 11) is 0. The van der Waals surface area contributed by atoms with Crippen LogP contribution in [0.2, 0.25) is 0 Å². The fraction of sp³-hybridized carbons (Fsp3) is 0.750. The van der Waals surface area contributed by atoms with Gasteiger partial charge in [-0.1, -0.05) is 25.7 Å². The van der Waals surface area contributed by atoms with Crippen molar-refractivity contribution in [2.45, 2.75) is 38.5 Å². The van der Waals surface area contributed by atoms with Crippen LogP contribution in [0.25, 0.3) is 0 Å². The van der Waals surface area contributed by atoms with Crippen molar-refractivity contribution in [3.63, 3.8) is 0 Å². The average Bonchev–Trinajstić information content (AvgIpc) is 1.81. The molecule has 0 aromatic rings. The molecule has 0 aliphatic carbocycles. The Morgan fingerprint density at radius 2 is 1.00 bits per heavy atom. The van der Waals surface area contributed by atoms with Crippen molar-refractivity contribution in [3.8, 4) is 0 Å². The normalized spacial score (nSPS) is 8.67. The van der Waals surface area contributed by atoms with Gasteiger partial charge in [-0.05, 0) is 0 Å². The first-order valence-corrected chi connectivity index (χ1v) is 3.50. The minimum absolute atomic E-state index is 0. The number of unbranched alkanes of at least 4 members (excludes halogenated alkanes) is 5. The molecule has 0 heterocycles. The fourth-order valence-electron chi connectivity index (χ4n) is 0.707. The molecule has 0 saturated heterocycles. The Balaban J connectivity index is 0. The van der Waals surface area contributed by atoms with Gasteiger partial charge >= 0.3 is 23.1 Å². The van der Waals surface area contributed by atoms with Crippen LogP contribution >= 0.6 is 0 Å². The standard InChI is InChI=1S/C8H16.Mg/c1-3-5-7-8-6-4-2;/h1-8H2;/q-2;+2. The molecule has 0 fully saturated rings. The largest absolute Gasteiger partial charge is 2.00 e. The van der Waals surface area contributed by atoms with Crippen molar-refractivity contribution in [3.05, 3.63) is 13.8 Å². The van der Waals surface area contributed by atoms with Gasteiger partial charge in [-0.3, -0.25) is 0 Å². The molecule has 0 atom stereocenters. The first-order valence-electron chi connectivity index (χ1n) is 3.50. The Bertz CT molecular complexity index is 29.5. The second-order valence-electron chi connectivity index (χ2n) is 2.12. The molecule has 0 aliphatic heterocycles. The molecule has 0 aromatic heterocycles. The van der Waals surface area contributed by atoms with Crippen molar-refractivity contribution >= 4 is 23.1 Å². The number of hydrogen-bond acceptors (Lipinski definition) is 0. The summed E-state index contributed by atoms with van der Waals surface area (Å²) < 4.78 is 0. The number of hydrogen-bond donors (Lipinski definition) is 0. The summed E-state index contributed by atoms with van der Waals surface area (Å²) in [5.74, 6) is 0. The molecule has 0 radical (unpaired) electrons. The van der Waals surface area contributed by atoms with E-state index in [2.05, 4.69) is 13.8 Å². The predicted octanol–water partition coefficient (Wildman–Crippen LogP) is 2.61. The molecule has 50 valence electrons. The van der Waals surface area contributed by atoms with E-state index < -0.39 is 0 Å². The molecule has 0 rings (SSSR count). The zero-order valence-corrected chi connectivity index (χ0v) is 7.78. The van der Waals surface area contributed by atoms with E-state index in [9.17, 15) is 0 Å². The molecule has 0 N–H and O–H groups in total. The van der Waals surface area contributed by atoms with Crippen LogP contribution in [0.1, 0.15) is 38.5 Å². The summed E-state index contributed by atoms with van der Waals surface area (Å²) in [5, 5.41) is 0. The smallest absolute Gasteiger partial charge is 0.343 e. The van der Waals surface area contributed by atoms with Crippen LogP contribution in [0.3, 0.4) is 0 Å². The van der Waals surface area contributed by atoms with E-state index in [0.29, 0.717) is 0 Å². The SMILES string of the molecule is [CH2-]CCCCCC[CH2-].[Mg+2]. The second-order valence-corrected chi connectivity index (χ2v) is 2.12. The predicted molar refractivity (Wildman–Crippen MR) is 44.2 cm³/mol. The first kappa shape index (κ1) is 12.4. The van der Waals surface area contributed by atoms with Crippen LogP contribution < -0.4 is 0 Å². The summed E-state index contributed by atoms with van der Waals surface area (Å²) >= 11 is 0. The Hall–Kier alpha value is 0.766. The van der Waals surface area contributed by atoms with E-state index in [1.54, 1.807) is 0 Å². The molecule has 9 heavy (non-hydrogen) atoms. The van der Waals surface area contributed by atoms with Gasteiger partial charge in [-0.2, -0.15) is 12.8 Å². The van der Waals surface area contributed by atoms with Crippen LogP contribution in [0.5, 0.6) is 0 Å². The maximum atomic E-state index is 3.77. The topological polar surface area (TPSA) is 0 Å². The zero-order valence-electron chi connectivity index (χ0n) is 6.36. The van der Waals surface area contributed by atoms with Gasteiger partial charge in [0.25, 0.3) is 0 Å². The van der Waals surface area contributed by atoms with E-state index in [1.807, 2.05) is 0 Å². The van der Waals surface area contributed by atoms with Crippen LogP contribution in [0.15, 0.2) is 0 Å². The molecule has 0 aliphatic rings. The van der Waals surface area contributed by atoms with E-state index in [1.165, 1.54) is 25.7 Å². The maximum Gasteiger partial charge on any atom is 2.00 e. The van der Waals surface area contributed by atoms with Crippen molar-refractivity contribution in [1.29, 1.82) is 0 Å². The quantitative estimate of drug-likeness (QED) is 0.310. The van der Waals surface area contributed by atoms with Crippen LogP contribution in [-0.2, 0) is 0 Å². The summed E-state index contributed by atoms with van der Waals surface area (Å²) in [6.07, 6.45) is 7.46. The molecular weight excluding hydrogens is 120 g/mol. The van der Waals surface area contributed by atoms with E-state index in [-0.39, 0.29) is 23.1 Å². The van der Waals surface area contributed by atoms with Gasteiger partial charge in [-0.25, -0.2) is 0 Å². The molecule has 1 heteroatoms.